The molecule has 8 heteroatoms. The van der Waals surface area contributed by atoms with Gasteiger partial charge in [0, 0.05) is 12.5 Å². The minimum Gasteiger partial charge on any atom is -0.490 e. The summed E-state index contributed by atoms with van der Waals surface area (Å²) in [6.45, 7) is 10.2. The Balaban J connectivity index is 1.64. The van der Waals surface area contributed by atoms with Crippen LogP contribution in [-0.4, -0.2) is 60.1 Å². The molecule has 1 heterocycles. The van der Waals surface area contributed by atoms with Crippen molar-refractivity contribution in [3.05, 3.63) is 55.1 Å². The molecule has 0 bridgehead atoms. The highest BCUT2D eigenvalue weighted by Crippen LogP contribution is 2.45. The van der Waals surface area contributed by atoms with E-state index in [1.54, 1.807) is 19.1 Å². The number of nitrogens with zero attached hydrogens (tertiary/aromatic N) is 1. The Labute approximate surface area is 194 Å². The lowest BCUT2D eigenvalue weighted by molar-refractivity contribution is -0.150. The third-order valence-electron chi connectivity index (χ3n) is 6.16. The first-order valence-electron chi connectivity index (χ1n) is 11.4. The molecule has 33 heavy (non-hydrogen) atoms. The van der Waals surface area contributed by atoms with Gasteiger partial charge >= 0.3 is 5.97 Å². The van der Waals surface area contributed by atoms with E-state index in [0.717, 1.165) is 5.56 Å². The summed E-state index contributed by atoms with van der Waals surface area (Å²) in [6, 6.07) is 5.94. The van der Waals surface area contributed by atoms with E-state index < -0.39 is 23.6 Å². The monoisotopic (exact) mass is 455 g/mol. The Hall–Kier alpha value is -3.13. The van der Waals surface area contributed by atoms with Crippen molar-refractivity contribution in [2.75, 3.05) is 19.8 Å². The number of benzene rings is 1. The molecule has 178 valence electrons. The van der Waals surface area contributed by atoms with E-state index in [0.29, 0.717) is 44.6 Å². The van der Waals surface area contributed by atoms with Crippen LogP contribution in [0.15, 0.2) is 49.6 Å². The van der Waals surface area contributed by atoms with Crippen LogP contribution in [0.2, 0.25) is 0 Å². The predicted molar refractivity (Wildman–Crippen MR) is 124 cm³/mol. The number of hydrogen-bond donors (Lipinski definition) is 2. The van der Waals surface area contributed by atoms with Crippen molar-refractivity contribution in [1.29, 1.82) is 0 Å². The molecule has 0 spiro atoms. The first-order valence-corrected chi connectivity index (χ1v) is 11.4. The summed E-state index contributed by atoms with van der Waals surface area (Å²) >= 11 is 0. The maximum atomic E-state index is 13.1. The highest BCUT2D eigenvalue weighted by Gasteiger charge is 2.61. The van der Waals surface area contributed by atoms with Crippen LogP contribution in [0.3, 0.4) is 0 Å². The van der Waals surface area contributed by atoms with Gasteiger partial charge in [-0.3, -0.25) is 9.59 Å². The molecule has 1 saturated heterocycles. The second kappa shape index (κ2) is 10.7. The largest absolute Gasteiger partial charge is 0.490 e. The topological polar surface area (TPSA) is 111 Å². The fourth-order valence-electron chi connectivity index (χ4n) is 4.34. The molecule has 1 unspecified atom stereocenters. The van der Waals surface area contributed by atoms with Crippen molar-refractivity contribution in [1.82, 2.24) is 10.2 Å². The van der Waals surface area contributed by atoms with Crippen LogP contribution in [0.25, 0.3) is 0 Å². The number of nitrogens with two attached hydrogens (primary N) is 1. The van der Waals surface area contributed by atoms with Gasteiger partial charge in [-0.2, -0.15) is 0 Å². The number of nitrogens with one attached hydrogen (secondary N) is 1. The van der Waals surface area contributed by atoms with Crippen LogP contribution >= 0.6 is 0 Å². The van der Waals surface area contributed by atoms with Crippen molar-refractivity contribution in [2.24, 2.45) is 11.7 Å². The zero-order chi connectivity index (χ0) is 24.0. The van der Waals surface area contributed by atoms with Crippen LogP contribution in [0, 0.1) is 5.92 Å². The molecule has 1 aliphatic heterocycles. The molecular formula is C25H33N3O5. The van der Waals surface area contributed by atoms with Crippen LogP contribution < -0.4 is 15.8 Å². The fourth-order valence-corrected chi connectivity index (χ4v) is 4.34. The Morgan fingerprint density at radius 2 is 2.15 bits per heavy atom. The van der Waals surface area contributed by atoms with Gasteiger partial charge < -0.3 is 25.4 Å². The number of hydrogen-bond acceptors (Lipinski definition) is 6. The normalized spacial score (nSPS) is 24.5. The standard InChI is InChI=1S/C25H33N3O5/c1-4-13-33-19-10-7-9-17(14-19)15-20(26)23(30)28-12-8-11-21(28)22(29)27-25(16-18(25)5-2)24(31)32-6-3/h4-5,7,9-10,14,18,20-21H,1-2,6,8,11-13,15-16,26H2,3H3,(H,27,29)/t18?,20-,21-,25+/m0/s1. The number of amides is 2. The molecule has 0 aromatic heterocycles. The van der Waals surface area contributed by atoms with Crippen molar-refractivity contribution in [3.63, 3.8) is 0 Å². The van der Waals surface area contributed by atoms with Crippen molar-refractivity contribution < 1.29 is 23.9 Å². The average molecular weight is 456 g/mol. The van der Waals surface area contributed by atoms with Crippen molar-refractivity contribution in [2.45, 2.75) is 50.2 Å². The minimum absolute atomic E-state index is 0.177. The summed E-state index contributed by atoms with van der Waals surface area (Å²) in [5.74, 6) is -0.606. The number of rotatable bonds is 11. The van der Waals surface area contributed by atoms with Gasteiger partial charge in [-0.1, -0.05) is 30.9 Å². The lowest BCUT2D eigenvalue weighted by Gasteiger charge is -2.28. The number of carbonyl (C=O) groups is 3. The zero-order valence-electron chi connectivity index (χ0n) is 19.1. The third-order valence-corrected chi connectivity index (χ3v) is 6.16. The van der Waals surface area contributed by atoms with Gasteiger partial charge in [0.15, 0.2) is 0 Å². The van der Waals surface area contributed by atoms with E-state index in [2.05, 4.69) is 18.5 Å². The lowest BCUT2D eigenvalue weighted by atomic mass is 10.0. The lowest BCUT2D eigenvalue weighted by Crippen LogP contribution is -2.55. The Morgan fingerprint density at radius 3 is 2.82 bits per heavy atom. The van der Waals surface area contributed by atoms with E-state index in [4.69, 9.17) is 15.2 Å². The highest BCUT2D eigenvalue weighted by atomic mass is 16.5. The Morgan fingerprint density at radius 1 is 1.36 bits per heavy atom. The van der Waals surface area contributed by atoms with Gasteiger partial charge in [0.1, 0.15) is 23.9 Å². The summed E-state index contributed by atoms with van der Waals surface area (Å²) in [7, 11) is 0. The second-order valence-corrected chi connectivity index (χ2v) is 8.47. The first-order chi connectivity index (χ1) is 15.9. The molecule has 1 aliphatic carbocycles. The molecule has 2 amide bonds. The number of likely N-dealkylation sites (tertiary alicyclic amines) is 1. The summed E-state index contributed by atoms with van der Waals surface area (Å²) in [5.41, 5.74) is 6.03. The van der Waals surface area contributed by atoms with Crippen molar-refractivity contribution >= 4 is 17.8 Å². The van der Waals surface area contributed by atoms with Gasteiger partial charge in [-0.05, 0) is 50.3 Å². The van der Waals surface area contributed by atoms with E-state index in [1.807, 2.05) is 24.3 Å². The second-order valence-electron chi connectivity index (χ2n) is 8.47. The maximum absolute atomic E-state index is 13.1. The van der Waals surface area contributed by atoms with E-state index >= 15 is 0 Å². The Bertz CT molecular complexity index is 917. The molecule has 2 aliphatic rings. The number of carbonyl (C=O) groups excluding carboxylic acids is 3. The molecule has 1 aromatic rings. The van der Waals surface area contributed by atoms with Crippen LogP contribution in [0.4, 0.5) is 0 Å². The number of esters is 1. The smallest absolute Gasteiger partial charge is 0.332 e. The van der Waals surface area contributed by atoms with Gasteiger partial charge in [0.2, 0.25) is 11.8 Å². The van der Waals surface area contributed by atoms with Crippen LogP contribution in [-0.2, 0) is 25.5 Å². The van der Waals surface area contributed by atoms with Gasteiger partial charge in [0.05, 0.1) is 12.6 Å². The summed E-state index contributed by atoms with van der Waals surface area (Å²) in [6.07, 6.45) is 5.29. The molecule has 2 fully saturated rings. The summed E-state index contributed by atoms with van der Waals surface area (Å²) in [5, 5.41) is 2.85. The number of ether oxygens (including phenoxy) is 2. The minimum atomic E-state index is -1.08. The molecule has 8 nitrogen and oxygen atoms in total. The van der Waals surface area contributed by atoms with E-state index in [9.17, 15) is 14.4 Å². The molecule has 0 radical (unpaired) electrons. The Kier molecular flexibility index (Phi) is 7.92. The van der Waals surface area contributed by atoms with Gasteiger partial charge in [-0.25, -0.2) is 4.79 Å². The first kappa shape index (κ1) is 24.5. The van der Waals surface area contributed by atoms with Crippen LogP contribution in [0.5, 0.6) is 5.75 Å². The summed E-state index contributed by atoms with van der Waals surface area (Å²) < 4.78 is 10.7. The van der Waals surface area contributed by atoms with Gasteiger partial charge in [-0.15, -0.1) is 6.58 Å². The predicted octanol–water partition coefficient (Wildman–Crippen LogP) is 1.74. The molecule has 4 atom stereocenters. The van der Waals surface area contributed by atoms with E-state index in [1.165, 1.54) is 4.90 Å². The SMILES string of the molecule is C=CCOc1cccc(C[C@H](N)C(=O)N2CCC[C@H]2C(=O)N[C@]2(C(=O)OCC)CC2C=C)c1. The van der Waals surface area contributed by atoms with Crippen LogP contribution in [0.1, 0.15) is 31.7 Å². The molecule has 3 rings (SSSR count). The fraction of sp³-hybridized carbons (Fsp3) is 0.480. The third kappa shape index (κ3) is 5.45. The van der Waals surface area contributed by atoms with Gasteiger partial charge in [0.25, 0.3) is 0 Å². The van der Waals surface area contributed by atoms with E-state index in [-0.39, 0.29) is 24.3 Å². The quantitative estimate of drug-likeness (QED) is 0.388. The highest BCUT2D eigenvalue weighted by molar-refractivity contribution is 5.96. The zero-order valence-corrected chi connectivity index (χ0v) is 19.1. The molecular weight excluding hydrogens is 422 g/mol. The molecule has 3 N–H and O–H groups in total. The summed E-state index contributed by atoms with van der Waals surface area (Å²) in [4.78, 5) is 40.2. The maximum Gasteiger partial charge on any atom is 0.332 e. The molecule has 1 aromatic carbocycles. The molecule has 1 saturated carbocycles. The van der Waals surface area contributed by atoms with Crippen molar-refractivity contribution in [3.8, 4) is 5.75 Å². The average Bonchev–Trinajstić information content (AvgIpc) is 3.30.